The van der Waals surface area contributed by atoms with Gasteiger partial charge in [0.1, 0.15) is 6.10 Å². The molecule has 0 aromatic heterocycles. The van der Waals surface area contributed by atoms with Crippen molar-refractivity contribution in [3.8, 4) is 0 Å². The summed E-state index contributed by atoms with van der Waals surface area (Å²) in [6.07, 6.45) is 6.47. The fourth-order valence-electron chi connectivity index (χ4n) is 3.44. The lowest BCUT2D eigenvalue weighted by Crippen LogP contribution is -2.48. The van der Waals surface area contributed by atoms with Gasteiger partial charge >= 0.3 is 0 Å². The Hall–Kier alpha value is -0.320. The quantitative estimate of drug-likeness (QED) is 0.784. The molecule has 0 aliphatic carbocycles. The Bertz CT molecular complexity index is 281. The summed E-state index contributed by atoms with van der Waals surface area (Å²) in [4.78, 5) is 14.7. The molecule has 2 bridgehead atoms. The lowest BCUT2D eigenvalue weighted by atomic mass is 10.1. The van der Waals surface area contributed by atoms with Crippen LogP contribution in [0.5, 0.6) is 0 Å². The molecule has 3 heterocycles. The summed E-state index contributed by atoms with van der Waals surface area (Å²) >= 11 is 0. The predicted molar refractivity (Wildman–Crippen MR) is 72.0 cm³/mol. The minimum atomic E-state index is -0.148. The number of carbonyl (C=O) groups excluding carboxylic acids is 1. The van der Waals surface area contributed by atoms with E-state index < -0.39 is 0 Å². The number of halogens is 1. The van der Waals surface area contributed by atoms with Crippen molar-refractivity contribution in [3.63, 3.8) is 0 Å². The van der Waals surface area contributed by atoms with Gasteiger partial charge in [0.2, 0.25) is 0 Å². The standard InChI is InChI=1S/C13H22N2O2.ClH/c16-13(12-3-1-2-8-17-12)15-10-4-5-11(15)9-14-7-6-10;/h10-12,14H,1-9H2;1H. The van der Waals surface area contributed by atoms with Gasteiger partial charge in [-0.05, 0) is 45.1 Å². The third kappa shape index (κ3) is 2.65. The largest absolute Gasteiger partial charge is 0.368 e. The number of hydrogen-bond acceptors (Lipinski definition) is 3. The van der Waals surface area contributed by atoms with Crippen molar-refractivity contribution in [2.75, 3.05) is 19.7 Å². The van der Waals surface area contributed by atoms with Crippen LogP contribution in [0, 0.1) is 0 Å². The van der Waals surface area contributed by atoms with Crippen LogP contribution in [0.4, 0.5) is 0 Å². The molecule has 104 valence electrons. The number of amides is 1. The van der Waals surface area contributed by atoms with Crippen molar-refractivity contribution in [3.05, 3.63) is 0 Å². The van der Waals surface area contributed by atoms with Gasteiger partial charge in [-0.25, -0.2) is 0 Å². The molecule has 4 nitrogen and oxygen atoms in total. The van der Waals surface area contributed by atoms with Crippen LogP contribution in [-0.2, 0) is 9.53 Å². The van der Waals surface area contributed by atoms with Crippen molar-refractivity contribution < 1.29 is 9.53 Å². The highest BCUT2D eigenvalue weighted by Crippen LogP contribution is 2.30. The van der Waals surface area contributed by atoms with Crippen LogP contribution in [0.25, 0.3) is 0 Å². The van der Waals surface area contributed by atoms with Gasteiger partial charge in [-0.1, -0.05) is 0 Å². The number of nitrogens with zero attached hydrogens (tertiary/aromatic N) is 1. The molecule has 3 atom stereocenters. The molecule has 0 aromatic carbocycles. The number of ether oxygens (including phenoxy) is 1. The number of nitrogens with one attached hydrogen (secondary N) is 1. The molecule has 3 unspecified atom stereocenters. The van der Waals surface area contributed by atoms with Gasteiger partial charge < -0.3 is 15.0 Å². The summed E-state index contributed by atoms with van der Waals surface area (Å²) in [7, 11) is 0. The van der Waals surface area contributed by atoms with Gasteiger partial charge in [0.05, 0.1) is 0 Å². The second-order valence-electron chi connectivity index (χ2n) is 5.48. The average molecular weight is 275 g/mol. The molecule has 1 N–H and O–H groups in total. The molecule has 3 fully saturated rings. The molecular formula is C13H23ClN2O2. The Morgan fingerprint density at radius 2 is 1.94 bits per heavy atom. The van der Waals surface area contributed by atoms with E-state index in [0.717, 1.165) is 51.8 Å². The number of rotatable bonds is 1. The van der Waals surface area contributed by atoms with E-state index >= 15 is 0 Å². The minimum absolute atomic E-state index is 0. The first-order chi connectivity index (χ1) is 8.36. The summed E-state index contributed by atoms with van der Waals surface area (Å²) in [6.45, 7) is 2.78. The fourth-order valence-corrected chi connectivity index (χ4v) is 3.44. The van der Waals surface area contributed by atoms with E-state index in [0.29, 0.717) is 12.1 Å². The van der Waals surface area contributed by atoms with Gasteiger partial charge in [0.15, 0.2) is 0 Å². The van der Waals surface area contributed by atoms with Crippen LogP contribution in [0.3, 0.4) is 0 Å². The number of carbonyl (C=O) groups is 1. The molecule has 3 rings (SSSR count). The van der Waals surface area contributed by atoms with Gasteiger partial charge in [-0.3, -0.25) is 4.79 Å². The van der Waals surface area contributed by atoms with E-state index in [4.69, 9.17) is 4.74 Å². The van der Waals surface area contributed by atoms with Crippen molar-refractivity contribution in [2.24, 2.45) is 0 Å². The lowest BCUT2D eigenvalue weighted by molar-refractivity contribution is -0.149. The van der Waals surface area contributed by atoms with E-state index in [2.05, 4.69) is 10.2 Å². The highest BCUT2D eigenvalue weighted by atomic mass is 35.5. The van der Waals surface area contributed by atoms with Crippen molar-refractivity contribution in [1.29, 1.82) is 0 Å². The van der Waals surface area contributed by atoms with Crippen molar-refractivity contribution in [2.45, 2.75) is 56.7 Å². The summed E-state index contributed by atoms with van der Waals surface area (Å²) in [5.41, 5.74) is 0. The molecule has 5 heteroatoms. The molecule has 1 amide bonds. The third-order valence-corrected chi connectivity index (χ3v) is 4.36. The minimum Gasteiger partial charge on any atom is -0.368 e. The van der Waals surface area contributed by atoms with Gasteiger partial charge in [0, 0.05) is 25.2 Å². The van der Waals surface area contributed by atoms with Crippen LogP contribution in [-0.4, -0.2) is 48.7 Å². The molecule has 3 aliphatic heterocycles. The highest BCUT2D eigenvalue weighted by Gasteiger charge is 2.40. The summed E-state index contributed by atoms with van der Waals surface area (Å²) in [5.74, 6) is 0.265. The first-order valence-electron chi connectivity index (χ1n) is 7.01. The fraction of sp³-hybridized carbons (Fsp3) is 0.923. The monoisotopic (exact) mass is 274 g/mol. The second kappa shape index (κ2) is 6.22. The zero-order chi connectivity index (χ0) is 11.7. The Labute approximate surface area is 115 Å². The van der Waals surface area contributed by atoms with Gasteiger partial charge in [0.25, 0.3) is 5.91 Å². The average Bonchev–Trinajstić information content (AvgIpc) is 2.63. The third-order valence-electron chi connectivity index (χ3n) is 4.36. The predicted octanol–water partition coefficient (Wildman–Crippen LogP) is 1.33. The summed E-state index contributed by atoms with van der Waals surface area (Å²) in [6, 6.07) is 0.883. The first-order valence-corrected chi connectivity index (χ1v) is 7.01. The molecule has 0 radical (unpaired) electrons. The summed E-state index contributed by atoms with van der Waals surface area (Å²) < 4.78 is 5.65. The van der Waals surface area contributed by atoms with Gasteiger partial charge in [-0.2, -0.15) is 0 Å². The number of hydrogen-bond donors (Lipinski definition) is 1. The van der Waals surface area contributed by atoms with Crippen LogP contribution in [0.1, 0.15) is 38.5 Å². The maximum Gasteiger partial charge on any atom is 0.252 e. The van der Waals surface area contributed by atoms with E-state index in [1.807, 2.05) is 0 Å². The second-order valence-corrected chi connectivity index (χ2v) is 5.48. The SMILES string of the molecule is Cl.O=C(C1CCCCO1)N1C2CCNCC1CC2. The first kappa shape index (κ1) is 14.1. The zero-order valence-electron chi connectivity index (χ0n) is 10.8. The van der Waals surface area contributed by atoms with Crippen LogP contribution in [0.15, 0.2) is 0 Å². The van der Waals surface area contributed by atoms with Gasteiger partial charge in [-0.15, -0.1) is 12.4 Å². The molecule has 0 spiro atoms. The molecule has 3 saturated heterocycles. The van der Waals surface area contributed by atoms with Crippen molar-refractivity contribution >= 4 is 18.3 Å². The maximum absolute atomic E-state index is 12.5. The summed E-state index contributed by atoms with van der Waals surface area (Å²) in [5, 5.41) is 3.43. The Kier molecular flexibility index (Phi) is 4.87. The Morgan fingerprint density at radius 3 is 2.72 bits per heavy atom. The van der Waals surface area contributed by atoms with Crippen LogP contribution >= 0.6 is 12.4 Å². The molecule has 3 aliphatic rings. The lowest BCUT2D eigenvalue weighted by Gasteiger charge is -2.33. The normalized spacial score (nSPS) is 35.8. The molecule has 18 heavy (non-hydrogen) atoms. The highest BCUT2D eigenvalue weighted by molar-refractivity contribution is 5.85. The topological polar surface area (TPSA) is 41.6 Å². The van der Waals surface area contributed by atoms with E-state index in [1.165, 1.54) is 6.42 Å². The Balaban J connectivity index is 0.00000120. The van der Waals surface area contributed by atoms with E-state index in [1.54, 1.807) is 0 Å². The van der Waals surface area contributed by atoms with E-state index in [-0.39, 0.29) is 24.4 Å². The maximum atomic E-state index is 12.5. The zero-order valence-corrected chi connectivity index (χ0v) is 11.6. The smallest absolute Gasteiger partial charge is 0.252 e. The van der Waals surface area contributed by atoms with Crippen molar-refractivity contribution in [1.82, 2.24) is 10.2 Å². The number of fused-ring (bicyclic) bond motifs is 2. The molecule has 0 aromatic rings. The van der Waals surface area contributed by atoms with Crippen LogP contribution < -0.4 is 5.32 Å². The Morgan fingerprint density at radius 1 is 1.11 bits per heavy atom. The van der Waals surface area contributed by atoms with E-state index in [9.17, 15) is 4.79 Å². The molecular weight excluding hydrogens is 252 g/mol. The molecule has 0 saturated carbocycles. The van der Waals surface area contributed by atoms with Crippen LogP contribution in [0.2, 0.25) is 0 Å².